The number of nitrogens with two attached hydrogens (primary N) is 1. The van der Waals surface area contributed by atoms with E-state index in [9.17, 15) is 8.42 Å². The maximum atomic E-state index is 12.4. The third-order valence-corrected chi connectivity index (χ3v) is 5.16. The van der Waals surface area contributed by atoms with Crippen molar-refractivity contribution in [1.82, 2.24) is 0 Å². The predicted octanol–water partition coefficient (Wildman–Crippen LogP) is 3.79. The Labute approximate surface area is 131 Å². The van der Waals surface area contributed by atoms with E-state index < -0.39 is 10.0 Å². The molecule has 20 heavy (non-hydrogen) atoms. The van der Waals surface area contributed by atoms with E-state index in [-0.39, 0.29) is 10.6 Å². The van der Waals surface area contributed by atoms with Crippen LogP contribution in [0.4, 0.5) is 11.4 Å². The molecule has 0 bridgehead atoms. The average Bonchev–Trinajstić information content (AvgIpc) is 2.32. The van der Waals surface area contributed by atoms with Crippen LogP contribution >= 0.6 is 27.5 Å². The van der Waals surface area contributed by atoms with E-state index in [0.717, 1.165) is 0 Å². The molecule has 2 rings (SSSR count). The molecule has 7 heteroatoms. The first-order chi connectivity index (χ1) is 9.31. The van der Waals surface area contributed by atoms with Crippen molar-refractivity contribution in [2.75, 3.05) is 10.5 Å². The van der Waals surface area contributed by atoms with Gasteiger partial charge in [-0.25, -0.2) is 8.42 Å². The van der Waals surface area contributed by atoms with Crippen molar-refractivity contribution in [3.63, 3.8) is 0 Å². The molecule has 0 aliphatic rings. The first-order valence-electron chi connectivity index (χ1n) is 5.64. The van der Waals surface area contributed by atoms with Gasteiger partial charge in [0, 0.05) is 9.50 Å². The predicted molar refractivity (Wildman–Crippen MR) is 85.6 cm³/mol. The van der Waals surface area contributed by atoms with Crippen molar-refractivity contribution in [3.8, 4) is 0 Å². The van der Waals surface area contributed by atoms with Gasteiger partial charge in [-0.15, -0.1) is 0 Å². The maximum absolute atomic E-state index is 12.4. The van der Waals surface area contributed by atoms with Crippen LogP contribution in [0.5, 0.6) is 0 Å². The van der Waals surface area contributed by atoms with Crippen LogP contribution in [0.15, 0.2) is 45.8 Å². The van der Waals surface area contributed by atoms with Crippen LogP contribution < -0.4 is 10.5 Å². The second-order valence-electron chi connectivity index (χ2n) is 4.22. The van der Waals surface area contributed by atoms with Crippen molar-refractivity contribution < 1.29 is 8.42 Å². The highest BCUT2D eigenvalue weighted by molar-refractivity contribution is 9.10. The molecule has 0 saturated heterocycles. The van der Waals surface area contributed by atoms with E-state index in [4.69, 9.17) is 17.3 Å². The van der Waals surface area contributed by atoms with E-state index in [2.05, 4.69) is 20.7 Å². The van der Waals surface area contributed by atoms with Gasteiger partial charge in [0.25, 0.3) is 10.0 Å². The Morgan fingerprint density at radius 3 is 2.55 bits per heavy atom. The van der Waals surface area contributed by atoms with Gasteiger partial charge in [0.2, 0.25) is 0 Å². The van der Waals surface area contributed by atoms with Crippen LogP contribution in [0.25, 0.3) is 0 Å². The molecule has 2 aromatic carbocycles. The van der Waals surface area contributed by atoms with E-state index in [1.54, 1.807) is 43.3 Å². The maximum Gasteiger partial charge on any atom is 0.264 e. The zero-order chi connectivity index (χ0) is 14.9. The third-order valence-electron chi connectivity index (χ3n) is 2.69. The highest BCUT2D eigenvalue weighted by Crippen LogP contribution is 2.30. The normalized spacial score (nSPS) is 11.3. The number of halogens is 2. The molecule has 3 N–H and O–H groups in total. The van der Waals surface area contributed by atoms with Crippen LogP contribution in [0.2, 0.25) is 5.02 Å². The standard InChI is InChI=1S/C13H12BrClN2O2S/c1-8-3-2-4-11(16)13(8)20(18,19)17-12-6-5-9(15)7-10(12)14/h2-7,17H,16H2,1H3. The summed E-state index contributed by atoms with van der Waals surface area (Å²) in [4.78, 5) is 0.0850. The Morgan fingerprint density at radius 2 is 1.95 bits per heavy atom. The molecule has 106 valence electrons. The zero-order valence-electron chi connectivity index (χ0n) is 10.5. The number of rotatable bonds is 3. The highest BCUT2D eigenvalue weighted by atomic mass is 79.9. The molecular weight excluding hydrogens is 364 g/mol. The fourth-order valence-corrected chi connectivity index (χ4v) is 4.16. The summed E-state index contributed by atoms with van der Waals surface area (Å²) in [5.41, 5.74) is 6.97. The lowest BCUT2D eigenvalue weighted by Gasteiger charge is -2.13. The molecule has 0 amide bonds. The molecule has 0 spiro atoms. The lowest BCUT2D eigenvalue weighted by molar-refractivity contribution is 0.601. The lowest BCUT2D eigenvalue weighted by Crippen LogP contribution is -2.16. The fourth-order valence-electron chi connectivity index (χ4n) is 1.81. The van der Waals surface area contributed by atoms with Crippen LogP contribution in [0, 0.1) is 6.92 Å². The SMILES string of the molecule is Cc1cccc(N)c1S(=O)(=O)Nc1ccc(Cl)cc1Br. The Hall–Kier alpha value is -1.24. The summed E-state index contributed by atoms with van der Waals surface area (Å²) >= 11 is 9.10. The molecule has 0 saturated carbocycles. The van der Waals surface area contributed by atoms with E-state index >= 15 is 0 Å². The van der Waals surface area contributed by atoms with Crippen molar-refractivity contribution >= 4 is 48.9 Å². The number of aryl methyl sites for hydroxylation is 1. The van der Waals surface area contributed by atoms with Crippen molar-refractivity contribution in [2.24, 2.45) is 0 Å². The molecular formula is C13H12BrClN2O2S. The second-order valence-corrected chi connectivity index (χ2v) is 7.13. The van der Waals surface area contributed by atoms with E-state index in [1.807, 2.05) is 0 Å². The number of sulfonamides is 1. The van der Waals surface area contributed by atoms with Gasteiger partial charge in [0.15, 0.2) is 0 Å². The summed E-state index contributed by atoms with van der Waals surface area (Å²) in [6, 6.07) is 9.76. The Balaban J connectivity index is 2.46. The molecule has 0 radical (unpaired) electrons. The van der Waals surface area contributed by atoms with Gasteiger partial charge in [-0.2, -0.15) is 0 Å². The molecule has 0 fully saturated rings. The van der Waals surface area contributed by atoms with Crippen LogP contribution in [-0.4, -0.2) is 8.42 Å². The second kappa shape index (κ2) is 5.63. The number of hydrogen-bond acceptors (Lipinski definition) is 3. The van der Waals surface area contributed by atoms with Gasteiger partial charge in [-0.05, 0) is 52.7 Å². The van der Waals surface area contributed by atoms with E-state index in [1.165, 1.54) is 0 Å². The van der Waals surface area contributed by atoms with Gasteiger partial charge >= 0.3 is 0 Å². The van der Waals surface area contributed by atoms with Gasteiger partial charge in [0.05, 0.1) is 11.4 Å². The molecule has 0 aliphatic carbocycles. The number of nitrogen functional groups attached to an aromatic ring is 1. The molecule has 0 unspecified atom stereocenters. The topological polar surface area (TPSA) is 72.2 Å². The zero-order valence-corrected chi connectivity index (χ0v) is 13.7. The van der Waals surface area contributed by atoms with Crippen molar-refractivity contribution in [2.45, 2.75) is 11.8 Å². The van der Waals surface area contributed by atoms with Gasteiger partial charge in [0.1, 0.15) is 4.90 Å². The van der Waals surface area contributed by atoms with Crippen molar-refractivity contribution in [3.05, 3.63) is 51.5 Å². The number of benzene rings is 2. The van der Waals surface area contributed by atoms with Crippen molar-refractivity contribution in [1.29, 1.82) is 0 Å². The summed E-state index contributed by atoms with van der Waals surface area (Å²) in [7, 11) is -3.76. The first-order valence-corrected chi connectivity index (χ1v) is 8.29. The summed E-state index contributed by atoms with van der Waals surface area (Å²) < 4.78 is 27.9. The smallest absolute Gasteiger partial charge is 0.264 e. The fraction of sp³-hybridized carbons (Fsp3) is 0.0769. The highest BCUT2D eigenvalue weighted by Gasteiger charge is 2.20. The Morgan fingerprint density at radius 1 is 1.25 bits per heavy atom. The quantitative estimate of drug-likeness (QED) is 0.802. The van der Waals surface area contributed by atoms with Crippen LogP contribution in [0.1, 0.15) is 5.56 Å². The first kappa shape index (κ1) is 15.2. The van der Waals surface area contributed by atoms with E-state index in [0.29, 0.717) is 20.7 Å². The summed E-state index contributed by atoms with van der Waals surface area (Å²) in [5.74, 6) is 0. The van der Waals surface area contributed by atoms with Gasteiger partial charge in [-0.3, -0.25) is 4.72 Å². The minimum absolute atomic E-state index is 0.0850. The van der Waals surface area contributed by atoms with Gasteiger partial charge < -0.3 is 5.73 Å². The van der Waals surface area contributed by atoms with Crippen LogP contribution in [0.3, 0.4) is 0 Å². The molecule has 0 heterocycles. The largest absolute Gasteiger partial charge is 0.398 e. The average molecular weight is 376 g/mol. The van der Waals surface area contributed by atoms with Gasteiger partial charge in [-0.1, -0.05) is 23.7 Å². The summed E-state index contributed by atoms with van der Waals surface area (Å²) in [5, 5.41) is 0.509. The number of anilines is 2. The Bertz CT molecular complexity index is 743. The molecule has 0 aliphatic heterocycles. The third kappa shape index (κ3) is 3.08. The number of hydrogen-bond donors (Lipinski definition) is 2. The lowest BCUT2D eigenvalue weighted by atomic mass is 10.2. The summed E-state index contributed by atoms with van der Waals surface area (Å²) in [6.45, 7) is 1.70. The summed E-state index contributed by atoms with van der Waals surface area (Å²) in [6.07, 6.45) is 0. The minimum Gasteiger partial charge on any atom is -0.398 e. The molecule has 0 atom stereocenters. The molecule has 2 aromatic rings. The monoisotopic (exact) mass is 374 g/mol. The molecule has 4 nitrogen and oxygen atoms in total. The minimum atomic E-state index is -3.76. The van der Waals surface area contributed by atoms with Crippen LogP contribution in [-0.2, 0) is 10.0 Å². The Kier molecular flexibility index (Phi) is 4.27. The molecule has 0 aromatic heterocycles. The number of nitrogens with one attached hydrogen (secondary N) is 1.